The molecule has 3 N–H and O–H groups in total. The predicted octanol–water partition coefficient (Wildman–Crippen LogP) is 3.29. The lowest BCUT2D eigenvalue weighted by atomic mass is 10.1. The summed E-state index contributed by atoms with van der Waals surface area (Å²) in [4.78, 5) is 11.8. The first-order valence-corrected chi connectivity index (χ1v) is 9.77. The zero-order valence-electron chi connectivity index (χ0n) is 13.7. The highest BCUT2D eigenvalue weighted by molar-refractivity contribution is 7.90. The Kier molecular flexibility index (Phi) is 6.13. The maximum absolute atomic E-state index is 12.0. The van der Waals surface area contributed by atoms with Gasteiger partial charge < -0.3 is 5.32 Å². The van der Waals surface area contributed by atoms with Crippen molar-refractivity contribution in [2.45, 2.75) is 4.90 Å². The Bertz CT molecular complexity index is 1100. The zero-order chi connectivity index (χ0) is 20.2. The quantitative estimate of drug-likeness (QED) is 0.645. The van der Waals surface area contributed by atoms with Gasteiger partial charge in [0.2, 0.25) is 0 Å². The van der Waals surface area contributed by atoms with Crippen LogP contribution >= 0.6 is 23.2 Å². The number of carbonyl (C=O) groups is 1. The summed E-state index contributed by atoms with van der Waals surface area (Å²) in [5.74, 6) is 0. The number of nitriles is 2. The average molecular weight is 424 g/mol. The van der Waals surface area contributed by atoms with Crippen LogP contribution in [0, 0.1) is 22.7 Å². The Morgan fingerprint density at radius 1 is 1.04 bits per heavy atom. The molecule has 0 aromatic heterocycles. The van der Waals surface area contributed by atoms with Gasteiger partial charge in [0, 0.05) is 11.3 Å². The van der Waals surface area contributed by atoms with Crippen molar-refractivity contribution < 1.29 is 13.2 Å². The molecule has 2 aromatic carbocycles. The Morgan fingerprint density at radius 2 is 1.67 bits per heavy atom. The predicted molar refractivity (Wildman–Crippen MR) is 101 cm³/mol. The molecule has 0 spiro atoms. The summed E-state index contributed by atoms with van der Waals surface area (Å²) in [6.45, 7) is 0. The van der Waals surface area contributed by atoms with Crippen molar-refractivity contribution in [2.24, 2.45) is 0 Å². The summed E-state index contributed by atoms with van der Waals surface area (Å²) in [6, 6.07) is 9.47. The minimum absolute atomic E-state index is 0.0486. The molecule has 0 fully saturated rings. The first-order valence-electron chi connectivity index (χ1n) is 7.12. The number of hydrogen-bond donors (Lipinski definition) is 3. The van der Waals surface area contributed by atoms with Gasteiger partial charge in [-0.3, -0.25) is 10.9 Å². The van der Waals surface area contributed by atoms with Crippen molar-refractivity contribution in [1.82, 2.24) is 5.43 Å². The highest BCUT2D eigenvalue weighted by Crippen LogP contribution is 2.26. The lowest BCUT2D eigenvalue weighted by Gasteiger charge is -2.14. The van der Waals surface area contributed by atoms with Gasteiger partial charge in [-0.25, -0.2) is 13.2 Å². The molecule has 0 aliphatic rings. The van der Waals surface area contributed by atoms with Gasteiger partial charge >= 0.3 is 6.03 Å². The number of nitrogens with one attached hydrogen (secondary N) is 3. The van der Waals surface area contributed by atoms with Crippen LogP contribution < -0.4 is 16.2 Å². The zero-order valence-corrected chi connectivity index (χ0v) is 16.0. The van der Waals surface area contributed by atoms with Crippen molar-refractivity contribution in [2.75, 3.05) is 17.0 Å². The van der Waals surface area contributed by atoms with E-state index in [1.54, 1.807) is 18.2 Å². The third kappa shape index (κ3) is 5.02. The standard InChI is InChI=1S/C16H11Cl2N5O3S/c1-27(25,26)15-5-10(8-20)9(7-19)4-14(15)22-23-16(24)21-13-6-11(17)2-3-12(13)18/h2-6,22H,1H3,(H2,21,23,24). The Labute approximate surface area is 165 Å². The minimum atomic E-state index is -3.74. The van der Waals surface area contributed by atoms with E-state index < -0.39 is 15.9 Å². The van der Waals surface area contributed by atoms with E-state index in [1.807, 2.05) is 0 Å². The number of hydrazine groups is 1. The van der Waals surface area contributed by atoms with E-state index >= 15 is 0 Å². The van der Waals surface area contributed by atoms with E-state index in [0.29, 0.717) is 5.02 Å². The number of anilines is 2. The third-order valence-electron chi connectivity index (χ3n) is 3.25. The summed E-state index contributed by atoms with van der Waals surface area (Å²) in [7, 11) is -3.74. The van der Waals surface area contributed by atoms with Crippen LogP contribution in [0.4, 0.5) is 16.2 Å². The maximum Gasteiger partial charge on any atom is 0.337 e. The Morgan fingerprint density at radius 3 is 2.26 bits per heavy atom. The number of sulfone groups is 1. The van der Waals surface area contributed by atoms with Gasteiger partial charge in [-0.1, -0.05) is 23.2 Å². The van der Waals surface area contributed by atoms with Crippen LogP contribution in [-0.4, -0.2) is 20.7 Å². The molecule has 2 aromatic rings. The van der Waals surface area contributed by atoms with Crippen LogP contribution in [0.2, 0.25) is 10.0 Å². The van der Waals surface area contributed by atoms with Gasteiger partial charge in [-0.05, 0) is 30.3 Å². The van der Waals surface area contributed by atoms with Crippen molar-refractivity contribution in [3.05, 3.63) is 51.5 Å². The molecule has 0 unspecified atom stereocenters. The summed E-state index contributed by atoms with van der Waals surface area (Å²) in [5, 5.41) is 21.2. The average Bonchev–Trinajstić information content (AvgIpc) is 2.61. The molecule has 0 aliphatic heterocycles. The van der Waals surface area contributed by atoms with Crippen molar-refractivity contribution >= 4 is 50.4 Å². The molecule has 11 heteroatoms. The molecule has 27 heavy (non-hydrogen) atoms. The molecule has 0 saturated heterocycles. The summed E-state index contributed by atoms with van der Waals surface area (Å²) in [5.41, 5.74) is 4.68. The van der Waals surface area contributed by atoms with Crippen molar-refractivity contribution in [1.29, 1.82) is 10.5 Å². The van der Waals surface area contributed by atoms with Crippen LogP contribution in [-0.2, 0) is 9.84 Å². The third-order valence-corrected chi connectivity index (χ3v) is 4.95. The molecule has 0 atom stereocenters. The van der Waals surface area contributed by atoms with Gasteiger partial charge in [0.1, 0.15) is 12.1 Å². The molecule has 0 aliphatic carbocycles. The number of carbonyl (C=O) groups excluding carboxylic acids is 1. The SMILES string of the molecule is CS(=O)(=O)c1cc(C#N)c(C#N)cc1NNC(=O)Nc1cc(Cl)ccc1Cl. The molecule has 2 amide bonds. The lowest BCUT2D eigenvalue weighted by Crippen LogP contribution is -2.34. The second-order valence-electron chi connectivity index (χ2n) is 5.22. The number of urea groups is 1. The molecule has 0 bridgehead atoms. The fourth-order valence-corrected chi connectivity index (χ4v) is 3.22. The van der Waals surface area contributed by atoms with Gasteiger partial charge in [-0.2, -0.15) is 10.5 Å². The van der Waals surface area contributed by atoms with Crippen LogP contribution in [0.1, 0.15) is 11.1 Å². The monoisotopic (exact) mass is 423 g/mol. The highest BCUT2D eigenvalue weighted by atomic mass is 35.5. The van der Waals surface area contributed by atoms with E-state index in [4.69, 9.17) is 33.7 Å². The van der Waals surface area contributed by atoms with E-state index in [2.05, 4.69) is 16.2 Å². The van der Waals surface area contributed by atoms with E-state index in [1.165, 1.54) is 12.1 Å². The molecule has 2 rings (SSSR count). The maximum atomic E-state index is 12.0. The topological polar surface area (TPSA) is 135 Å². The van der Waals surface area contributed by atoms with Gasteiger partial charge in [-0.15, -0.1) is 0 Å². The van der Waals surface area contributed by atoms with Crippen LogP contribution in [0.3, 0.4) is 0 Å². The van der Waals surface area contributed by atoms with Gasteiger partial charge in [0.05, 0.1) is 32.4 Å². The molecule has 138 valence electrons. The number of amides is 2. The van der Waals surface area contributed by atoms with Crippen molar-refractivity contribution in [3.63, 3.8) is 0 Å². The Hall–Kier alpha value is -2.98. The highest BCUT2D eigenvalue weighted by Gasteiger charge is 2.18. The van der Waals surface area contributed by atoms with Gasteiger partial charge in [0.15, 0.2) is 9.84 Å². The van der Waals surface area contributed by atoms with Crippen molar-refractivity contribution in [3.8, 4) is 12.1 Å². The molecule has 0 saturated carbocycles. The minimum Gasteiger partial charge on any atom is -0.305 e. The summed E-state index contributed by atoms with van der Waals surface area (Å²) in [6.07, 6.45) is 0.937. The number of halogens is 2. The molecule has 0 radical (unpaired) electrons. The second kappa shape index (κ2) is 8.14. The number of benzene rings is 2. The number of rotatable bonds is 4. The fraction of sp³-hybridized carbons (Fsp3) is 0.0625. The van der Waals surface area contributed by atoms with Gasteiger partial charge in [0.25, 0.3) is 0 Å². The number of hydrogen-bond acceptors (Lipinski definition) is 6. The van der Waals surface area contributed by atoms with E-state index in [9.17, 15) is 13.2 Å². The first kappa shape index (κ1) is 20.3. The second-order valence-corrected chi connectivity index (χ2v) is 8.05. The smallest absolute Gasteiger partial charge is 0.305 e. The largest absolute Gasteiger partial charge is 0.337 e. The van der Waals surface area contributed by atoms with E-state index in [-0.39, 0.29) is 32.4 Å². The first-order chi connectivity index (χ1) is 12.7. The molecular formula is C16H11Cl2N5O3S. The van der Waals surface area contributed by atoms with E-state index in [0.717, 1.165) is 18.4 Å². The fourth-order valence-electron chi connectivity index (χ4n) is 2.04. The van der Waals surface area contributed by atoms with Crippen LogP contribution in [0.15, 0.2) is 35.2 Å². The normalized spacial score (nSPS) is 10.4. The summed E-state index contributed by atoms with van der Waals surface area (Å²) < 4.78 is 23.9. The van der Waals surface area contributed by atoms with Crippen LogP contribution in [0.5, 0.6) is 0 Å². The summed E-state index contributed by atoms with van der Waals surface area (Å²) >= 11 is 11.8. The molecular weight excluding hydrogens is 413 g/mol. The lowest BCUT2D eigenvalue weighted by molar-refractivity contribution is 0.254. The van der Waals surface area contributed by atoms with Crippen LogP contribution in [0.25, 0.3) is 0 Å². The molecule has 8 nitrogen and oxygen atoms in total. The Balaban J connectivity index is 2.27. The number of nitrogens with zero attached hydrogens (tertiary/aromatic N) is 2. The molecule has 0 heterocycles.